The summed E-state index contributed by atoms with van der Waals surface area (Å²) in [5, 5.41) is 0.267. The number of carbonyl (C=O) groups is 1. The van der Waals surface area contributed by atoms with Crippen molar-refractivity contribution in [2.75, 3.05) is 5.75 Å². The van der Waals surface area contributed by atoms with Crippen molar-refractivity contribution in [1.82, 2.24) is 0 Å². The maximum atomic E-state index is 11.2. The van der Waals surface area contributed by atoms with Gasteiger partial charge in [0, 0.05) is 12.7 Å². The molecule has 0 N–H and O–H groups in total. The second-order valence-corrected chi connectivity index (χ2v) is 6.66. The Labute approximate surface area is 112 Å². The van der Waals surface area contributed by atoms with E-state index in [4.69, 9.17) is 0 Å². The van der Waals surface area contributed by atoms with E-state index < -0.39 is 0 Å². The van der Waals surface area contributed by atoms with Gasteiger partial charge in [-0.1, -0.05) is 65.1 Å². The van der Waals surface area contributed by atoms with E-state index in [1.807, 2.05) is 0 Å². The molecular formula is C15H30OS. The Bertz CT molecular complexity index is 203. The predicted molar refractivity (Wildman–Crippen MR) is 79.5 cm³/mol. The molecule has 0 saturated carbocycles. The van der Waals surface area contributed by atoms with Gasteiger partial charge in [-0.05, 0) is 24.2 Å². The van der Waals surface area contributed by atoms with Gasteiger partial charge >= 0.3 is 0 Å². The highest BCUT2D eigenvalue weighted by Crippen LogP contribution is 2.41. The van der Waals surface area contributed by atoms with Gasteiger partial charge in [-0.3, -0.25) is 4.79 Å². The second-order valence-electron chi connectivity index (χ2n) is 5.50. The molecule has 0 fully saturated rings. The van der Waals surface area contributed by atoms with Gasteiger partial charge < -0.3 is 0 Å². The summed E-state index contributed by atoms with van der Waals surface area (Å²) in [5.41, 5.74) is 0.377. The van der Waals surface area contributed by atoms with Gasteiger partial charge in [0.1, 0.15) is 0 Å². The summed E-state index contributed by atoms with van der Waals surface area (Å²) in [6, 6.07) is 0. The van der Waals surface area contributed by atoms with Gasteiger partial charge in [-0.25, -0.2) is 0 Å². The monoisotopic (exact) mass is 258 g/mol. The van der Waals surface area contributed by atoms with E-state index in [-0.39, 0.29) is 5.12 Å². The fraction of sp³-hybridized carbons (Fsp3) is 0.933. The lowest BCUT2D eigenvalue weighted by Gasteiger charge is -2.38. The van der Waals surface area contributed by atoms with Crippen molar-refractivity contribution in [2.24, 2.45) is 11.3 Å². The number of unbranched alkanes of at least 4 members (excludes halogenated alkanes) is 2. The average Bonchev–Trinajstić information content (AvgIpc) is 2.28. The summed E-state index contributed by atoms with van der Waals surface area (Å²) >= 11 is 1.53. The summed E-state index contributed by atoms with van der Waals surface area (Å²) in [7, 11) is 0. The highest BCUT2D eigenvalue weighted by atomic mass is 32.2. The van der Waals surface area contributed by atoms with Crippen LogP contribution in [-0.4, -0.2) is 10.9 Å². The lowest BCUT2D eigenvalue weighted by molar-refractivity contribution is -0.109. The quantitative estimate of drug-likeness (QED) is 0.559. The third-order valence-corrected chi connectivity index (χ3v) is 4.97. The first-order valence-corrected chi connectivity index (χ1v) is 8.10. The number of hydrogen-bond donors (Lipinski definition) is 0. The molecule has 0 heterocycles. The SMILES string of the molecule is CCCCC(CCCC)(CSC(C)=O)C(C)C. The Morgan fingerprint density at radius 1 is 1.12 bits per heavy atom. The maximum absolute atomic E-state index is 11.2. The molecule has 0 aliphatic heterocycles. The number of carbonyl (C=O) groups excluding carboxylic acids is 1. The molecular weight excluding hydrogens is 228 g/mol. The molecule has 0 radical (unpaired) electrons. The first-order valence-electron chi connectivity index (χ1n) is 7.12. The zero-order valence-electron chi connectivity index (χ0n) is 12.3. The smallest absolute Gasteiger partial charge is 0.185 e. The van der Waals surface area contributed by atoms with Gasteiger partial charge in [0.25, 0.3) is 0 Å². The summed E-state index contributed by atoms with van der Waals surface area (Å²) in [6.45, 7) is 10.8. The van der Waals surface area contributed by atoms with Crippen LogP contribution in [-0.2, 0) is 4.79 Å². The maximum Gasteiger partial charge on any atom is 0.185 e. The summed E-state index contributed by atoms with van der Waals surface area (Å²) in [6.07, 6.45) is 7.65. The largest absolute Gasteiger partial charge is 0.288 e. The van der Waals surface area contributed by atoms with Crippen LogP contribution in [0.5, 0.6) is 0 Å². The van der Waals surface area contributed by atoms with Crippen LogP contribution in [0.2, 0.25) is 0 Å². The minimum Gasteiger partial charge on any atom is -0.288 e. The number of thioether (sulfide) groups is 1. The lowest BCUT2D eigenvalue weighted by atomic mass is 9.71. The van der Waals surface area contributed by atoms with Crippen LogP contribution >= 0.6 is 11.8 Å². The Morgan fingerprint density at radius 3 is 1.88 bits per heavy atom. The van der Waals surface area contributed by atoms with Crippen molar-refractivity contribution >= 4 is 16.9 Å². The van der Waals surface area contributed by atoms with E-state index >= 15 is 0 Å². The molecule has 0 atom stereocenters. The third kappa shape index (κ3) is 6.49. The van der Waals surface area contributed by atoms with Crippen molar-refractivity contribution in [3.63, 3.8) is 0 Å². The molecule has 0 aliphatic rings. The zero-order chi connectivity index (χ0) is 13.3. The zero-order valence-corrected chi connectivity index (χ0v) is 13.2. The molecule has 0 unspecified atom stereocenters. The molecule has 0 aromatic carbocycles. The van der Waals surface area contributed by atoms with Crippen LogP contribution in [0.15, 0.2) is 0 Å². The van der Waals surface area contributed by atoms with Crippen molar-refractivity contribution in [1.29, 1.82) is 0 Å². The first-order chi connectivity index (χ1) is 7.98. The van der Waals surface area contributed by atoms with E-state index in [2.05, 4.69) is 27.7 Å². The van der Waals surface area contributed by atoms with Crippen LogP contribution in [0.3, 0.4) is 0 Å². The van der Waals surface area contributed by atoms with E-state index in [1.165, 1.54) is 50.3 Å². The highest BCUT2D eigenvalue weighted by Gasteiger charge is 2.32. The Balaban J connectivity index is 4.61. The van der Waals surface area contributed by atoms with Crippen LogP contribution < -0.4 is 0 Å². The third-order valence-electron chi connectivity index (χ3n) is 3.84. The summed E-state index contributed by atoms with van der Waals surface area (Å²) in [5.74, 6) is 1.69. The number of rotatable bonds is 9. The summed E-state index contributed by atoms with van der Waals surface area (Å²) < 4.78 is 0. The topological polar surface area (TPSA) is 17.1 Å². The van der Waals surface area contributed by atoms with Crippen LogP contribution in [0.4, 0.5) is 0 Å². The van der Waals surface area contributed by atoms with Crippen molar-refractivity contribution < 1.29 is 4.79 Å². The van der Waals surface area contributed by atoms with Gasteiger partial charge in [0.2, 0.25) is 0 Å². The molecule has 17 heavy (non-hydrogen) atoms. The summed E-state index contributed by atoms with van der Waals surface area (Å²) in [4.78, 5) is 11.2. The normalized spacial score (nSPS) is 12.1. The lowest BCUT2D eigenvalue weighted by Crippen LogP contribution is -2.30. The minimum atomic E-state index is 0.267. The van der Waals surface area contributed by atoms with Crippen LogP contribution in [0, 0.1) is 11.3 Å². The molecule has 0 aromatic rings. The van der Waals surface area contributed by atoms with Crippen molar-refractivity contribution in [3.8, 4) is 0 Å². The molecule has 0 bridgehead atoms. The average molecular weight is 258 g/mol. The second kappa shape index (κ2) is 9.02. The van der Waals surface area contributed by atoms with E-state index in [0.717, 1.165) is 5.75 Å². The Kier molecular flexibility index (Phi) is 9.03. The molecule has 0 amide bonds. The highest BCUT2D eigenvalue weighted by molar-refractivity contribution is 8.13. The van der Waals surface area contributed by atoms with Gasteiger partial charge in [-0.15, -0.1) is 0 Å². The van der Waals surface area contributed by atoms with E-state index in [1.54, 1.807) is 6.92 Å². The van der Waals surface area contributed by atoms with E-state index in [9.17, 15) is 4.79 Å². The molecule has 0 aromatic heterocycles. The molecule has 1 nitrogen and oxygen atoms in total. The predicted octanol–water partition coefficient (Wildman–Crippen LogP) is 5.29. The van der Waals surface area contributed by atoms with Gasteiger partial charge in [-0.2, -0.15) is 0 Å². The van der Waals surface area contributed by atoms with Crippen molar-refractivity contribution in [3.05, 3.63) is 0 Å². The van der Waals surface area contributed by atoms with Crippen molar-refractivity contribution in [2.45, 2.75) is 73.1 Å². The molecule has 0 saturated heterocycles. The first kappa shape index (κ1) is 17.0. The number of hydrogen-bond acceptors (Lipinski definition) is 2. The molecule has 2 heteroatoms. The molecule has 102 valence electrons. The Hall–Kier alpha value is 0.0200. The minimum absolute atomic E-state index is 0.267. The van der Waals surface area contributed by atoms with Crippen LogP contribution in [0.1, 0.15) is 73.1 Å². The standard InChI is InChI=1S/C15H30OS/c1-6-8-10-15(13(3)4,11-9-7-2)12-17-14(5)16/h13H,6-12H2,1-5H3. The molecule has 0 spiro atoms. The van der Waals surface area contributed by atoms with Gasteiger partial charge in [0.15, 0.2) is 5.12 Å². The molecule has 0 aliphatic carbocycles. The van der Waals surface area contributed by atoms with E-state index in [0.29, 0.717) is 11.3 Å². The van der Waals surface area contributed by atoms with Gasteiger partial charge in [0.05, 0.1) is 0 Å². The fourth-order valence-electron chi connectivity index (χ4n) is 2.32. The van der Waals surface area contributed by atoms with Crippen LogP contribution in [0.25, 0.3) is 0 Å². The molecule has 0 rings (SSSR count). The fourth-order valence-corrected chi connectivity index (χ4v) is 3.43. The Morgan fingerprint density at radius 2 is 1.59 bits per heavy atom.